The van der Waals surface area contributed by atoms with E-state index in [1.165, 1.54) is 0 Å². The molecule has 1 atom stereocenters. The summed E-state index contributed by atoms with van der Waals surface area (Å²) in [5, 5.41) is 7.32. The number of carbonyl (C=O) groups excluding carboxylic acids is 3. The fourth-order valence-electron chi connectivity index (χ4n) is 6.57. The molecule has 0 radical (unpaired) electrons. The molecule has 12 nitrogen and oxygen atoms in total. The molecule has 0 saturated heterocycles. The molecule has 3 amide bonds. The predicted molar refractivity (Wildman–Crippen MR) is 175 cm³/mol. The number of hydrogen-bond acceptors (Lipinski definition) is 6. The first kappa shape index (κ1) is 30.3. The minimum absolute atomic E-state index is 0.0895. The van der Waals surface area contributed by atoms with Crippen LogP contribution in [0.2, 0.25) is 0 Å². The van der Waals surface area contributed by atoms with Gasteiger partial charge >= 0.3 is 0 Å². The molecule has 5 aromatic rings. The van der Waals surface area contributed by atoms with Gasteiger partial charge in [0.2, 0.25) is 5.91 Å². The summed E-state index contributed by atoms with van der Waals surface area (Å²) in [6, 6.07) is 14.6. The van der Waals surface area contributed by atoms with Crippen LogP contribution in [0, 0.1) is 0 Å². The van der Waals surface area contributed by atoms with Crippen LogP contribution in [0.5, 0.6) is 5.75 Å². The maximum absolute atomic E-state index is 14.0. The lowest BCUT2D eigenvalue weighted by Crippen LogP contribution is -2.52. The highest BCUT2D eigenvalue weighted by molar-refractivity contribution is 6.01. The molecule has 242 valence electrons. The number of hydrogen-bond donors (Lipinski definition) is 1. The minimum atomic E-state index is -0.625. The summed E-state index contributed by atoms with van der Waals surface area (Å²) in [6.07, 6.45) is 11.5. The molecule has 0 saturated carbocycles. The standard InChI is InChI=1S/C35H38N8O4/c1-39-17-20-43-33(39)29(24-37-43)34(45)42-14-5-4-13-41(35(46)30-23-25-8-2-3-11-28(25)32(44)38-30)15-7-21-47-27-10-6-9-26(22-27)31-36-12-16-40(31)18-19-42/h2-3,6,8-12,16-17,20,22,24,30H,4-5,7,13-15,18-19,21,23H2,1H3,(H,38,44). The van der Waals surface area contributed by atoms with Crippen LogP contribution in [0.25, 0.3) is 17.0 Å². The third-order valence-electron chi connectivity index (χ3n) is 9.02. The number of aromatic nitrogens is 5. The van der Waals surface area contributed by atoms with Gasteiger partial charge in [-0.25, -0.2) is 9.50 Å². The molecule has 0 spiro atoms. The van der Waals surface area contributed by atoms with Crippen LogP contribution < -0.4 is 10.1 Å². The van der Waals surface area contributed by atoms with Gasteiger partial charge in [0.05, 0.1) is 12.8 Å². The normalized spacial score (nSPS) is 17.7. The van der Waals surface area contributed by atoms with Crippen molar-refractivity contribution in [2.75, 3.05) is 32.8 Å². The number of imidazole rings is 2. The van der Waals surface area contributed by atoms with E-state index in [4.69, 9.17) is 4.74 Å². The fourth-order valence-corrected chi connectivity index (χ4v) is 6.57. The number of ether oxygens (including phenoxy) is 1. The van der Waals surface area contributed by atoms with E-state index >= 15 is 0 Å². The van der Waals surface area contributed by atoms with Gasteiger partial charge in [0.25, 0.3) is 11.8 Å². The molecule has 1 N–H and O–H groups in total. The minimum Gasteiger partial charge on any atom is -0.494 e. The van der Waals surface area contributed by atoms with Crippen molar-refractivity contribution >= 4 is 23.4 Å². The first-order valence-electron chi connectivity index (χ1n) is 16.2. The second-order valence-electron chi connectivity index (χ2n) is 12.1. The Balaban J connectivity index is 1.13. The highest BCUT2D eigenvalue weighted by atomic mass is 16.5. The molecule has 2 aliphatic rings. The van der Waals surface area contributed by atoms with Gasteiger partial charge in [0, 0.05) is 82.1 Å². The second-order valence-corrected chi connectivity index (χ2v) is 12.1. The predicted octanol–water partition coefficient (Wildman–Crippen LogP) is 3.42. The molecule has 12 heteroatoms. The summed E-state index contributed by atoms with van der Waals surface area (Å²) in [4.78, 5) is 49.1. The number of nitrogens with zero attached hydrogens (tertiary/aromatic N) is 7. The lowest BCUT2D eigenvalue weighted by molar-refractivity contribution is -0.133. The summed E-state index contributed by atoms with van der Waals surface area (Å²) in [5.41, 5.74) is 3.70. The van der Waals surface area contributed by atoms with E-state index in [-0.39, 0.29) is 17.7 Å². The molecule has 2 aromatic carbocycles. The van der Waals surface area contributed by atoms with E-state index in [0.29, 0.717) is 76.1 Å². The summed E-state index contributed by atoms with van der Waals surface area (Å²) >= 11 is 0. The van der Waals surface area contributed by atoms with Crippen molar-refractivity contribution in [1.29, 1.82) is 0 Å². The zero-order chi connectivity index (χ0) is 32.3. The molecule has 7 rings (SSSR count). The Kier molecular flexibility index (Phi) is 8.47. The van der Waals surface area contributed by atoms with Crippen LogP contribution in [0.3, 0.4) is 0 Å². The fraction of sp³-hybridized carbons (Fsp3) is 0.343. The highest BCUT2D eigenvalue weighted by Crippen LogP contribution is 2.24. The van der Waals surface area contributed by atoms with Gasteiger partial charge in [-0.2, -0.15) is 5.10 Å². The Hall–Kier alpha value is -5.39. The van der Waals surface area contributed by atoms with E-state index in [2.05, 4.69) is 20.0 Å². The van der Waals surface area contributed by atoms with E-state index in [0.717, 1.165) is 28.3 Å². The number of amides is 3. The molecule has 1 unspecified atom stereocenters. The van der Waals surface area contributed by atoms with E-state index in [1.54, 1.807) is 23.0 Å². The third kappa shape index (κ3) is 6.23. The zero-order valence-corrected chi connectivity index (χ0v) is 26.4. The quantitative estimate of drug-likeness (QED) is 0.318. The van der Waals surface area contributed by atoms with Gasteiger partial charge in [0.15, 0.2) is 0 Å². The number of aryl methyl sites for hydroxylation is 1. The van der Waals surface area contributed by atoms with Gasteiger partial charge in [-0.15, -0.1) is 0 Å². The lowest BCUT2D eigenvalue weighted by atomic mass is 9.94. The van der Waals surface area contributed by atoms with Crippen LogP contribution in [-0.2, 0) is 24.8 Å². The van der Waals surface area contributed by atoms with Crippen molar-refractivity contribution in [1.82, 2.24) is 38.8 Å². The number of nitrogens with one attached hydrogen (secondary N) is 1. The van der Waals surface area contributed by atoms with Crippen LogP contribution >= 0.6 is 0 Å². The molecule has 2 aliphatic heterocycles. The Morgan fingerprint density at radius 1 is 0.915 bits per heavy atom. The zero-order valence-electron chi connectivity index (χ0n) is 26.4. The van der Waals surface area contributed by atoms with Gasteiger partial charge < -0.3 is 29.0 Å². The van der Waals surface area contributed by atoms with Gasteiger partial charge in [0.1, 0.15) is 28.8 Å². The monoisotopic (exact) mass is 634 g/mol. The van der Waals surface area contributed by atoms with Crippen molar-refractivity contribution in [3.63, 3.8) is 0 Å². The van der Waals surface area contributed by atoms with Crippen LogP contribution in [0.4, 0.5) is 0 Å². The van der Waals surface area contributed by atoms with Crippen molar-refractivity contribution in [3.05, 3.63) is 96.2 Å². The number of benzene rings is 2. The Morgan fingerprint density at radius 3 is 2.64 bits per heavy atom. The Morgan fingerprint density at radius 2 is 1.74 bits per heavy atom. The molecular weight excluding hydrogens is 596 g/mol. The van der Waals surface area contributed by atoms with E-state index in [1.807, 2.05) is 82.5 Å². The van der Waals surface area contributed by atoms with Crippen molar-refractivity contribution < 1.29 is 19.1 Å². The lowest BCUT2D eigenvalue weighted by Gasteiger charge is -2.31. The molecule has 3 aromatic heterocycles. The van der Waals surface area contributed by atoms with Crippen molar-refractivity contribution in [3.8, 4) is 17.1 Å². The molecule has 0 fully saturated rings. The van der Waals surface area contributed by atoms with Crippen LogP contribution in [-0.4, -0.2) is 90.1 Å². The van der Waals surface area contributed by atoms with Crippen molar-refractivity contribution in [2.24, 2.45) is 7.05 Å². The number of rotatable bonds is 2. The third-order valence-corrected chi connectivity index (χ3v) is 9.02. The maximum Gasteiger partial charge on any atom is 0.259 e. The first-order chi connectivity index (χ1) is 23.0. The average molecular weight is 635 g/mol. The highest BCUT2D eigenvalue weighted by Gasteiger charge is 2.31. The van der Waals surface area contributed by atoms with Crippen molar-refractivity contribution in [2.45, 2.75) is 38.3 Å². The van der Waals surface area contributed by atoms with E-state index < -0.39 is 6.04 Å². The summed E-state index contributed by atoms with van der Waals surface area (Å²) < 4.78 is 11.8. The average Bonchev–Trinajstić information content (AvgIpc) is 3.83. The SMILES string of the molecule is Cn1ccn2ncc(C(=O)N3CCCCN(C(=O)C4Cc5ccccc5C(=O)N4)CCCOc4cccc(c4)-c4nccn4CC3)c12. The van der Waals surface area contributed by atoms with Crippen LogP contribution in [0.1, 0.15) is 45.5 Å². The van der Waals surface area contributed by atoms with Crippen LogP contribution in [0.15, 0.2) is 79.5 Å². The summed E-state index contributed by atoms with van der Waals surface area (Å²) in [5.74, 6) is 1.11. The Labute approximate surface area is 272 Å². The topological polar surface area (TPSA) is 119 Å². The molecule has 5 heterocycles. The smallest absolute Gasteiger partial charge is 0.259 e. The van der Waals surface area contributed by atoms with Gasteiger partial charge in [-0.05, 0) is 43.0 Å². The molecular formula is C35H38N8O4. The molecule has 0 aliphatic carbocycles. The molecule has 2 bridgehead atoms. The summed E-state index contributed by atoms with van der Waals surface area (Å²) in [6.45, 7) is 2.96. The largest absolute Gasteiger partial charge is 0.494 e. The van der Waals surface area contributed by atoms with Gasteiger partial charge in [-0.1, -0.05) is 30.3 Å². The summed E-state index contributed by atoms with van der Waals surface area (Å²) in [7, 11) is 1.90. The van der Waals surface area contributed by atoms with Gasteiger partial charge in [-0.3, -0.25) is 14.4 Å². The second kappa shape index (κ2) is 13.1. The van der Waals surface area contributed by atoms with E-state index in [9.17, 15) is 14.4 Å². The first-order valence-corrected chi connectivity index (χ1v) is 16.2. The number of fused-ring (bicyclic) bond motifs is 6. The number of carbonyl (C=O) groups is 3. The Bertz CT molecular complexity index is 1920. The molecule has 47 heavy (non-hydrogen) atoms. The maximum atomic E-state index is 14.0.